The minimum absolute atomic E-state index is 0.0530. The molecule has 0 saturated carbocycles. The van der Waals surface area contributed by atoms with Crippen molar-refractivity contribution >= 4 is 44.2 Å². The first-order valence-electron chi connectivity index (χ1n) is 9.62. The Morgan fingerprint density at radius 3 is 2.30 bits per heavy atom. The molecule has 0 aliphatic heterocycles. The lowest BCUT2D eigenvalue weighted by atomic mass is 10.1. The second-order valence-electron chi connectivity index (χ2n) is 6.93. The standard InChI is InChI=1S/C20H20ClN3O4S.C2H4O2/c21-16-5-1-15-10-19(8-4-14(15)9-16)29(26,27)24-11-17(25)12-28-18-6-2-13(3-7-18)20(22)23;1-2(3)4/h1-10,17,24-25H,11-12H2,(H3,22,23);1H3,(H,3,4). The first kappa shape index (κ1) is 26.1. The second-order valence-corrected chi connectivity index (χ2v) is 9.13. The molecule has 6 N–H and O–H groups in total. The lowest BCUT2D eigenvalue weighted by Crippen LogP contribution is -2.35. The molecule has 0 bridgehead atoms. The normalized spacial score (nSPS) is 11.8. The van der Waals surface area contributed by atoms with Gasteiger partial charge in [0, 0.05) is 24.1 Å². The van der Waals surface area contributed by atoms with Crippen LogP contribution in [0.3, 0.4) is 0 Å². The zero-order chi connectivity index (χ0) is 24.6. The molecule has 1 unspecified atom stereocenters. The monoisotopic (exact) mass is 493 g/mol. The topological polar surface area (TPSA) is 163 Å². The fraction of sp³-hybridized carbons (Fsp3) is 0.182. The number of carboxylic acid groups (broad SMARTS) is 1. The SMILES string of the molecule is CC(=O)O.N=C(N)c1ccc(OCC(O)CNS(=O)(=O)c2ccc3cc(Cl)ccc3c2)cc1. The van der Waals surface area contributed by atoms with Crippen molar-refractivity contribution in [1.29, 1.82) is 5.41 Å². The quantitative estimate of drug-likeness (QED) is 0.238. The maximum atomic E-state index is 12.5. The number of aliphatic hydroxyl groups excluding tert-OH is 1. The number of benzene rings is 3. The van der Waals surface area contributed by atoms with Crippen LogP contribution in [-0.2, 0) is 14.8 Å². The Morgan fingerprint density at radius 2 is 1.70 bits per heavy atom. The molecule has 0 fully saturated rings. The van der Waals surface area contributed by atoms with Crippen LogP contribution in [0.1, 0.15) is 12.5 Å². The summed E-state index contributed by atoms with van der Waals surface area (Å²) in [6.07, 6.45) is -1.04. The molecule has 33 heavy (non-hydrogen) atoms. The number of amidine groups is 1. The number of sulfonamides is 1. The molecule has 0 aliphatic carbocycles. The van der Waals surface area contributed by atoms with E-state index in [4.69, 9.17) is 37.4 Å². The van der Waals surface area contributed by atoms with E-state index in [1.165, 1.54) is 6.07 Å². The number of nitrogen functional groups attached to an aromatic ring is 1. The van der Waals surface area contributed by atoms with Crippen LogP contribution >= 0.6 is 11.6 Å². The maximum Gasteiger partial charge on any atom is 0.300 e. The lowest BCUT2D eigenvalue weighted by Gasteiger charge is -2.14. The van der Waals surface area contributed by atoms with Crippen LogP contribution in [-0.4, -0.2) is 49.7 Å². The van der Waals surface area contributed by atoms with E-state index in [0.29, 0.717) is 16.3 Å². The van der Waals surface area contributed by atoms with Crippen molar-refractivity contribution in [3.8, 4) is 5.75 Å². The van der Waals surface area contributed by atoms with E-state index in [-0.39, 0.29) is 23.9 Å². The number of hydrogen-bond acceptors (Lipinski definition) is 6. The van der Waals surface area contributed by atoms with Crippen molar-refractivity contribution in [1.82, 2.24) is 4.72 Å². The highest BCUT2D eigenvalue weighted by Crippen LogP contribution is 2.22. The number of nitrogens with one attached hydrogen (secondary N) is 2. The summed E-state index contributed by atoms with van der Waals surface area (Å²) in [5.74, 6) is -0.409. The smallest absolute Gasteiger partial charge is 0.300 e. The average molecular weight is 494 g/mol. The predicted octanol–water partition coefficient (Wildman–Crippen LogP) is 2.59. The number of rotatable bonds is 8. The van der Waals surface area contributed by atoms with Gasteiger partial charge in [0.1, 0.15) is 24.3 Å². The van der Waals surface area contributed by atoms with E-state index >= 15 is 0 Å². The first-order chi connectivity index (χ1) is 15.5. The molecule has 0 spiro atoms. The zero-order valence-electron chi connectivity index (χ0n) is 17.7. The van der Waals surface area contributed by atoms with Crippen molar-refractivity contribution in [2.24, 2.45) is 5.73 Å². The molecular weight excluding hydrogens is 470 g/mol. The number of ether oxygens (including phenoxy) is 1. The van der Waals surface area contributed by atoms with E-state index in [1.807, 2.05) is 0 Å². The number of carbonyl (C=O) groups is 1. The first-order valence-corrected chi connectivity index (χ1v) is 11.5. The Labute approximate surface area is 196 Å². The molecular formula is C22H24ClN3O6S. The molecule has 0 amide bonds. The van der Waals surface area contributed by atoms with Gasteiger partial charge >= 0.3 is 0 Å². The molecule has 3 aromatic carbocycles. The van der Waals surface area contributed by atoms with Gasteiger partial charge in [-0.3, -0.25) is 10.2 Å². The third-order valence-corrected chi connectivity index (χ3v) is 5.86. The summed E-state index contributed by atoms with van der Waals surface area (Å²) >= 11 is 5.94. The van der Waals surface area contributed by atoms with E-state index in [2.05, 4.69) is 4.72 Å². The number of aliphatic hydroxyl groups is 1. The van der Waals surface area contributed by atoms with E-state index in [0.717, 1.165) is 17.7 Å². The van der Waals surface area contributed by atoms with Gasteiger partial charge in [0.25, 0.3) is 5.97 Å². The third-order valence-electron chi connectivity index (χ3n) is 4.20. The summed E-state index contributed by atoms with van der Waals surface area (Å²) in [5, 5.41) is 27.0. The molecule has 0 saturated heterocycles. The van der Waals surface area contributed by atoms with Crippen LogP contribution in [0, 0.1) is 5.41 Å². The highest BCUT2D eigenvalue weighted by Gasteiger charge is 2.17. The van der Waals surface area contributed by atoms with Crippen LogP contribution in [0.25, 0.3) is 10.8 Å². The number of nitrogens with two attached hydrogens (primary N) is 1. The van der Waals surface area contributed by atoms with Gasteiger partial charge in [0.2, 0.25) is 10.0 Å². The minimum atomic E-state index is -3.79. The molecule has 0 aromatic heterocycles. The van der Waals surface area contributed by atoms with Gasteiger partial charge in [-0.2, -0.15) is 0 Å². The Morgan fingerprint density at radius 1 is 1.12 bits per heavy atom. The Hall–Kier alpha value is -3.18. The molecule has 11 heteroatoms. The summed E-state index contributed by atoms with van der Waals surface area (Å²) in [6, 6.07) is 16.4. The number of fused-ring (bicyclic) bond motifs is 1. The minimum Gasteiger partial charge on any atom is -0.491 e. The Bertz CT molecular complexity index is 1230. The van der Waals surface area contributed by atoms with Gasteiger partial charge in [-0.05, 0) is 59.3 Å². The number of hydrogen-bond donors (Lipinski definition) is 5. The zero-order valence-corrected chi connectivity index (χ0v) is 19.2. The van der Waals surface area contributed by atoms with Gasteiger partial charge in [-0.15, -0.1) is 0 Å². The fourth-order valence-corrected chi connectivity index (χ4v) is 3.92. The molecule has 9 nitrogen and oxygen atoms in total. The van der Waals surface area contributed by atoms with Crippen molar-refractivity contribution < 1.29 is 28.2 Å². The number of carboxylic acids is 1. The van der Waals surface area contributed by atoms with E-state index in [1.54, 1.807) is 54.6 Å². The predicted molar refractivity (Wildman–Crippen MR) is 126 cm³/mol. The van der Waals surface area contributed by atoms with Crippen LogP contribution in [0.15, 0.2) is 65.6 Å². The van der Waals surface area contributed by atoms with Crippen molar-refractivity contribution in [2.75, 3.05) is 13.2 Å². The van der Waals surface area contributed by atoms with Gasteiger partial charge in [-0.1, -0.05) is 23.7 Å². The number of aliphatic carboxylic acids is 1. The molecule has 0 radical (unpaired) electrons. The van der Waals surface area contributed by atoms with Crippen LogP contribution in [0.2, 0.25) is 5.02 Å². The molecule has 1 atom stereocenters. The van der Waals surface area contributed by atoms with Crippen LogP contribution in [0.4, 0.5) is 0 Å². The fourth-order valence-electron chi connectivity index (χ4n) is 2.63. The highest BCUT2D eigenvalue weighted by molar-refractivity contribution is 7.89. The van der Waals surface area contributed by atoms with E-state index in [9.17, 15) is 13.5 Å². The van der Waals surface area contributed by atoms with Crippen LogP contribution in [0.5, 0.6) is 5.75 Å². The molecule has 3 rings (SSSR count). The van der Waals surface area contributed by atoms with E-state index < -0.39 is 22.1 Å². The summed E-state index contributed by atoms with van der Waals surface area (Å²) < 4.78 is 32.8. The van der Waals surface area contributed by atoms with Crippen molar-refractivity contribution in [3.05, 3.63) is 71.2 Å². The summed E-state index contributed by atoms with van der Waals surface area (Å²) in [7, 11) is -3.79. The van der Waals surface area contributed by atoms with Gasteiger partial charge < -0.3 is 20.7 Å². The van der Waals surface area contributed by atoms with Gasteiger partial charge in [0.15, 0.2) is 0 Å². The molecule has 3 aromatic rings. The molecule has 0 heterocycles. The van der Waals surface area contributed by atoms with Gasteiger partial charge in [0.05, 0.1) is 4.90 Å². The Balaban J connectivity index is 0.000000890. The Kier molecular flexibility index (Phi) is 9.18. The van der Waals surface area contributed by atoms with Gasteiger partial charge in [-0.25, -0.2) is 13.1 Å². The maximum absolute atomic E-state index is 12.5. The largest absolute Gasteiger partial charge is 0.491 e. The summed E-state index contributed by atoms with van der Waals surface area (Å²) in [6.45, 7) is 0.782. The lowest BCUT2D eigenvalue weighted by molar-refractivity contribution is -0.134. The number of halogens is 1. The summed E-state index contributed by atoms with van der Waals surface area (Å²) in [4.78, 5) is 9.10. The van der Waals surface area contributed by atoms with Crippen molar-refractivity contribution in [3.63, 3.8) is 0 Å². The second kappa shape index (κ2) is 11.6. The van der Waals surface area contributed by atoms with Crippen LogP contribution < -0.4 is 15.2 Å². The van der Waals surface area contributed by atoms with Crippen molar-refractivity contribution in [2.45, 2.75) is 17.9 Å². The molecule has 176 valence electrons. The molecule has 0 aliphatic rings. The highest BCUT2D eigenvalue weighted by atomic mass is 35.5. The third kappa shape index (κ3) is 8.35. The average Bonchev–Trinajstić information content (AvgIpc) is 2.75. The summed E-state index contributed by atoms with van der Waals surface area (Å²) in [5.41, 5.74) is 5.94.